The van der Waals surface area contributed by atoms with E-state index >= 15 is 0 Å². The predicted octanol–water partition coefficient (Wildman–Crippen LogP) is 3.42. The average molecular weight is 254 g/mol. The molecule has 3 heteroatoms. The summed E-state index contributed by atoms with van der Waals surface area (Å²) in [6.45, 7) is 13.2. The van der Waals surface area contributed by atoms with Gasteiger partial charge >= 0.3 is 0 Å². The first kappa shape index (κ1) is 14.7. The van der Waals surface area contributed by atoms with E-state index in [0.29, 0.717) is 12.0 Å². The maximum atomic E-state index is 6.21. The third-order valence-electron chi connectivity index (χ3n) is 3.07. The van der Waals surface area contributed by atoms with Gasteiger partial charge in [0.15, 0.2) is 0 Å². The summed E-state index contributed by atoms with van der Waals surface area (Å²) in [5.41, 5.74) is 7.59. The van der Waals surface area contributed by atoms with E-state index in [0.717, 1.165) is 13.1 Å². The van der Waals surface area contributed by atoms with E-state index in [1.54, 1.807) is 0 Å². The molecule has 0 bridgehead atoms. The lowest BCUT2D eigenvalue weighted by atomic mass is 10.0. The summed E-state index contributed by atoms with van der Waals surface area (Å²) in [6.07, 6.45) is 0. The predicted molar refractivity (Wildman–Crippen MR) is 77.5 cm³/mol. The third-order valence-corrected chi connectivity index (χ3v) is 4.16. The van der Waals surface area contributed by atoms with Gasteiger partial charge < -0.3 is 5.73 Å². The summed E-state index contributed by atoms with van der Waals surface area (Å²) in [5.74, 6) is 0.677. The van der Waals surface area contributed by atoms with Crippen LogP contribution in [0.5, 0.6) is 0 Å². The Bertz CT molecular complexity index is 331. The van der Waals surface area contributed by atoms with Crippen LogP contribution in [-0.2, 0) is 0 Å². The molecule has 0 aromatic carbocycles. The van der Waals surface area contributed by atoms with Crippen LogP contribution < -0.4 is 5.73 Å². The molecule has 2 atom stereocenters. The van der Waals surface area contributed by atoms with Crippen LogP contribution in [0.15, 0.2) is 11.4 Å². The number of likely N-dealkylation sites (N-methyl/N-ethyl adjacent to an activating group) is 1. The molecule has 2 unspecified atom stereocenters. The Morgan fingerprint density at radius 3 is 2.35 bits per heavy atom. The minimum Gasteiger partial charge on any atom is -0.326 e. The van der Waals surface area contributed by atoms with Crippen molar-refractivity contribution in [2.45, 2.75) is 46.7 Å². The van der Waals surface area contributed by atoms with E-state index in [4.69, 9.17) is 5.73 Å². The van der Waals surface area contributed by atoms with Crippen molar-refractivity contribution in [3.8, 4) is 0 Å². The molecule has 0 radical (unpaired) electrons. The highest BCUT2D eigenvalue weighted by molar-refractivity contribution is 7.10. The minimum atomic E-state index is 0.172. The van der Waals surface area contributed by atoms with Crippen molar-refractivity contribution in [1.29, 1.82) is 0 Å². The van der Waals surface area contributed by atoms with E-state index in [1.165, 1.54) is 10.4 Å². The van der Waals surface area contributed by atoms with Gasteiger partial charge in [0.1, 0.15) is 0 Å². The van der Waals surface area contributed by atoms with Gasteiger partial charge in [-0.15, -0.1) is 11.3 Å². The highest BCUT2D eigenvalue weighted by atomic mass is 32.1. The van der Waals surface area contributed by atoms with Crippen LogP contribution in [0.1, 0.15) is 44.2 Å². The van der Waals surface area contributed by atoms with Crippen molar-refractivity contribution in [3.63, 3.8) is 0 Å². The molecule has 2 nitrogen and oxygen atoms in total. The van der Waals surface area contributed by atoms with E-state index in [1.807, 2.05) is 11.3 Å². The molecule has 0 aliphatic heterocycles. The van der Waals surface area contributed by atoms with E-state index < -0.39 is 0 Å². The van der Waals surface area contributed by atoms with Crippen molar-refractivity contribution in [1.82, 2.24) is 4.90 Å². The summed E-state index contributed by atoms with van der Waals surface area (Å²) >= 11 is 1.84. The van der Waals surface area contributed by atoms with Gasteiger partial charge in [-0.2, -0.15) is 0 Å². The lowest BCUT2D eigenvalue weighted by molar-refractivity contribution is 0.168. The van der Waals surface area contributed by atoms with Gasteiger partial charge in [-0.1, -0.05) is 20.8 Å². The Kier molecular flexibility index (Phi) is 5.63. The zero-order chi connectivity index (χ0) is 13.0. The van der Waals surface area contributed by atoms with Gasteiger partial charge in [0.2, 0.25) is 0 Å². The zero-order valence-corrected chi connectivity index (χ0v) is 12.6. The molecular formula is C14H26N2S. The first-order valence-electron chi connectivity index (χ1n) is 6.51. The topological polar surface area (TPSA) is 29.3 Å². The second kappa shape index (κ2) is 6.53. The van der Waals surface area contributed by atoms with Gasteiger partial charge in [0.25, 0.3) is 0 Å². The van der Waals surface area contributed by atoms with Crippen molar-refractivity contribution in [2.75, 3.05) is 13.1 Å². The molecule has 1 aromatic heterocycles. The Hall–Kier alpha value is -0.380. The summed E-state index contributed by atoms with van der Waals surface area (Å²) in [4.78, 5) is 3.94. The fraction of sp³-hybridized carbons (Fsp3) is 0.714. The van der Waals surface area contributed by atoms with Crippen molar-refractivity contribution in [2.24, 2.45) is 11.7 Å². The smallest absolute Gasteiger partial charge is 0.0593 e. The summed E-state index contributed by atoms with van der Waals surface area (Å²) in [5, 5.41) is 2.17. The maximum Gasteiger partial charge on any atom is 0.0593 e. The zero-order valence-electron chi connectivity index (χ0n) is 11.7. The maximum absolute atomic E-state index is 6.21. The normalized spacial score (nSPS) is 15.5. The van der Waals surface area contributed by atoms with Crippen molar-refractivity contribution < 1.29 is 0 Å². The molecule has 0 spiro atoms. The quantitative estimate of drug-likeness (QED) is 0.843. The van der Waals surface area contributed by atoms with Crippen molar-refractivity contribution in [3.05, 3.63) is 21.9 Å². The van der Waals surface area contributed by atoms with Crippen LogP contribution in [0.2, 0.25) is 0 Å². The van der Waals surface area contributed by atoms with E-state index in [-0.39, 0.29) is 6.04 Å². The molecule has 17 heavy (non-hydrogen) atoms. The molecular weight excluding hydrogens is 228 g/mol. The van der Waals surface area contributed by atoms with Crippen LogP contribution in [0, 0.1) is 12.8 Å². The number of hydrogen-bond acceptors (Lipinski definition) is 3. The lowest BCUT2D eigenvalue weighted by Gasteiger charge is -2.34. The van der Waals surface area contributed by atoms with Crippen LogP contribution in [-0.4, -0.2) is 24.0 Å². The van der Waals surface area contributed by atoms with Crippen molar-refractivity contribution >= 4 is 11.3 Å². The molecule has 2 N–H and O–H groups in total. The molecule has 0 saturated carbocycles. The Morgan fingerprint density at radius 2 is 2.00 bits per heavy atom. The fourth-order valence-electron chi connectivity index (χ4n) is 2.33. The number of aryl methyl sites for hydroxylation is 1. The van der Waals surface area contributed by atoms with Gasteiger partial charge in [-0.3, -0.25) is 4.90 Å². The Morgan fingerprint density at radius 1 is 1.35 bits per heavy atom. The standard InChI is InChI=1S/C14H26N2S/c1-6-16(9-10(2)3)13(12(5)15)14-11(4)7-8-17-14/h7-8,10,12-13H,6,9,15H2,1-5H3. The van der Waals surface area contributed by atoms with Crippen LogP contribution in [0.4, 0.5) is 0 Å². The molecule has 0 aliphatic carbocycles. The Balaban J connectivity index is 2.95. The number of rotatable bonds is 6. The largest absolute Gasteiger partial charge is 0.326 e. The second-order valence-electron chi connectivity index (χ2n) is 5.25. The molecule has 1 aromatic rings. The monoisotopic (exact) mass is 254 g/mol. The highest BCUT2D eigenvalue weighted by Crippen LogP contribution is 2.31. The fourth-order valence-corrected chi connectivity index (χ4v) is 3.51. The highest BCUT2D eigenvalue weighted by Gasteiger charge is 2.25. The summed E-state index contributed by atoms with van der Waals surface area (Å²) < 4.78 is 0. The number of nitrogens with zero attached hydrogens (tertiary/aromatic N) is 1. The van der Waals surface area contributed by atoms with E-state index in [2.05, 4.69) is 51.0 Å². The number of hydrogen-bond donors (Lipinski definition) is 1. The van der Waals surface area contributed by atoms with Crippen LogP contribution in [0.3, 0.4) is 0 Å². The molecule has 0 saturated heterocycles. The average Bonchev–Trinajstić information content (AvgIpc) is 2.63. The Labute approximate surface area is 110 Å². The minimum absolute atomic E-state index is 0.172. The van der Waals surface area contributed by atoms with E-state index in [9.17, 15) is 0 Å². The van der Waals surface area contributed by atoms with Gasteiger partial charge in [0.05, 0.1) is 6.04 Å². The number of nitrogens with two attached hydrogens (primary N) is 1. The third kappa shape index (κ3) is 3.80. The van der Waals surface area contributed by atoms with Gasteiger partial charge in [0, 0.05) is 17.5 Å². The van der Waals surface area contributed by atoms with Gasteiger partial charge in [-0.05, 0) is 43.3 Å². The molecule has 1 heterocycles. The molecule has 0 amide bonds. The van der Waals surface area contributed by atoms with Crippen LogP contribution >= 0.6 is 11.3 Å². The van der Waals surface area contributed by atoms with Gasteiger partial charge in [-0.25, -0.2) is 0 Å². The summed E-state index contributed by atoms with van der Waals surface area (Å²) in [6, 6.07) is 2.73. The molecule has 0 fully saturated rings. The van der Waals surface area contributed by atoms with Crippen LogP contribution in [0.25, 0.3) is 0 Å². The second-order valence-corrected chi connectivity index (χ2v) is 6.20. The SMILES string of the molecule is CCN(CC(C)C)C(c1sccc1C)C(C)N. The lowest BCUT2D eigenvalue weighted by Crippen LogP contribution is -2.41. The molecule has 98 valence electrons. The first-order valence-corrected chi connectivity index (χ1v) is 7.38. The first-order chi connectivity index (χ1) is 7.97. The summed E-state index contributed by atoms with van der Waals surface area (Å²) in [7, 11) is 0. The number of thiophene rings is 1. The molecule has 0 aliphatic rings. The molecule has 1 rings (SSSR count).